The Bertz CT molecular complexity index is 570. The Morgan fingerprint density at radius 3 is 2.37 bits per heavy atom. The number of pyridine rings is 1. The fraction of sp³-hybridized carbons (Fsp3) is 0.154. The van der Waals surface area contributed by atoms with Crippen molar-refractivity contribution in [2.24, 2.45) is 0 Å². The first-order valence-electron chi connectivity index (χ1n) is 5.52. The van der Waals surface area contributed by atoms with E-state index < -0.39 is 0 Å². The summed E-state index contributed by atoms with van der Waals surface area (Å²) in [6.07, 6.45) is 0. The summed E-state index contributed by atoms with van der Waals surface area (Å²) >= 11 is 18.1. The first kappa shape index (κ1) is 14.3. The van der Waals surface area contributed by atoms with Gasteiger partial charge in [0.1, 0.15) is 12.4 Å². The Hall–Kier alpha value is -1.16. The molecule has 2 rings (SSSR count). The summed E-state index contributed by atoms with van der Waals surface area (Å²) in [5, 5.41) is 4.37. The molecular weight excluding hydrogens is 307 g/mol. The smallest absolute Gasteiger partial charge is 0.157 e. The third kappa shape index (κ3) is 3.44. The lowest BCUT2D eigenvalue weighted by Crippen LogP contribution is -2.02. The van der Waals surface area contributed by atoms with Crippen molar-refractivity contribution in [2.75, 3.05) is 12.4 Å². The maximum Gasteiger partial charge on any atom is 0.157 e. The van der Waals surface area contributed by atoms with Crippen LogP contribution >= 0.6 is 34.8 Å². The van der Waals surface area contributed by atoms with Crippen LogP contribution in [0.3, 0.4) is 0 Å². The molecule has 100 valence electrons. The molecule has 1 aromatic carbocycles. The molecule has 0 atom stereocenters. The van der Waals surface area contributed by atoms with Crippen molar-refractivity contribution in [3.05, 3.63) is 51.1 Å². The fourth-order valence-corrected chi connectivity index (χ4v) is 2.15. The van der Waals surface area contributed by atoms with Crippen LogP contribution in [0.1, 0.15) is 5.69 Å². The van der Waals surface area contributed by atoms with E-state index in [1.165, 1.54) is 0 Å². The third-order valence-electron chi connectivity index (χ3n) is 2.45. The first-order valence-corrected chi connectivity index (χ1v) is 6.65. The minimum absolute atomic E-state index is 0.192. The maximum absolute atomic E-state index is 6.06. The highest BCUT2D eigenvalue weighted by Gasteiger charge is 2.09. The van der Waals surface area contributed by atoms with Gasteiger partial charge in [-0.3, -0.25) is 0 Å². The molecule has 6 heteroatoms. The maximum atomic E-state index is 6.06. The highest BCUT2D eigenvalue weighted by atomic mass is 35.5. The van der Waals surface area contributed by atoms with E-state index in [0.717, 1.165) is 0 Å². The van der Waals surface area contributed by atoms with E-state index in [4.69, 9.17) is 39.5 Å². The first-order chi connectivity index (χ1) is 9.11. The number of hydrogen-bond acceptors (Lipinski definition) is 3. The summed E-state index contributed by atoms with van der Waals surface area (Å²) in [4.78, 5) is 4.31. The van der Waals surface area contributed by atoms with Crippen molar-refractivity contribution in [3.63, 3.8) is 0 Å². The van der Waals surface area contributed by atoms with Crippen LogP contribution in [0.25, 0.3) is 0 Å². The van der Waals surface area contributed by atoms with Crippen LogP contribution in [0.5, 0.6) is 5.75 Å². The van der Waals surface area contributed by atoms with E-state index in [1.54, 1.807) is 37.4 Å². The van der Waals surface area contributed by atoms with Gasteiger partial charge in [-0.15, -0.1) is 0 Å². The van der Waals surface area contributed by atoms with Gasteiger partial charge in [-0.25, -0.2) is 4.98 Å². The molecule has 1 heterocycles. The average molecular weight is 318 g/mol. The lowest BCUT2D eigenvalue weighted by atomic mass is 10.3. The van der Waals surface area contributed by atoms with Crippen molar-refractivity contribution in [1.29, 1.82) is 0 Å². The lowest BCUT2D eigenvalue weighted by molar-refractivity contribution is 0.302. The van der Waals surface area contributed by atoms with E-state index in [0.29, 0.717) is 32.3 Å². The van der Waals surface area contributed by atoms with Crippen LogP contribution < -0.4 is 10.1 Å². The standard InChI is InChI=1S/C13H11Cl3N2O/c1-17-12-6-5-8(14)11(18-12)7-19-13-9(15)3-2-4-10(13)16/h2-6H,7H2,1H3,(H,17,18). The molecule has 0 saturated carbocycles. The van der Waals surface area contributed by atoms with E-state index >= 15 is 0 Å². The molecule has 3 nitrogen and oxygen atoms in total. The normalized spacial score (nSPS) is 10.3. The van der Waals surface area contributed by atoms with Crippen molar-refractivity contribution in [1.82, 2.24) is 4.98 Å². The van der Waals surface area contributed by atoms with Gasteiger partial charge in [0, 0.05) is 7.05 Å². The monoisotopic (exact) mass is 316 g/mol. The molecule has 0 saturated heterocycles. The number of ether oxygens (including phenoxy) is 1. The van der Waals surface area contributed by atoms with Crippen molar-refractivity contribution < 1.29 is 4.74 Å². The zero-order chi connectivity index (χ0) is 13.8. The molecule has 0 radical (unpaired) electrons. The molecule has 0 aliphatic heterocycles. The SMILES string of the molecule is CNc1ccc(Cl)c(COc2c(Cl)cccc2Cl)n1. The number of hydrogen-bond donors (Lipinski definition) is 1. The molecular formula is C13H11Cl3N2O. The molecule has 0 fully saturated rings. The minimum atomic E-state index is 0.192. The van der Waals surface area contributed by atoms with E-state index in [2.05, 4.69) is 10.3 Å². The van der Waals surface area contributed by atoms with E-state index in [1.807, 2.05) is 0 Å². The summed E-state index contributed by atoms with van der Waals surface area (Å²) < 4.78 is 5.60. The molecule has 1 N–H and O–H groups in total. The topological polar surface area (TPSA) is 34.1 Å². The molecule has 2 aromatic rings. The van der Waals surface area contributed by atoms with Gasteiger partial charge in [-0.1, -0.05) is 40.9 Å². The highest BCUT2D eigenvalue weighted by Crippen LogP contribution is 2.33. The van der Waals surface area contributed by atoms with Crippen molar-refractivity contribution >= 4 is 40.6 Å². The molecule has 0 amide bonds. The molecule has 0 unspecified atom stereocenters. The largest absolute Gasteiger partial charge is 0.484 e. The van der Waals surface area contributed by atoms with Crippen LogP contribution in [-0.2, 0) is 6.61 Å². The zero-order valence-corrected chi connectivity index (χ0v) is 12.4. The molecule has 19 heavy (non-hydrogen) atoms. The van der Waals surface area contributed by atoms with Gasteiger partial charge >= 0.3 is 0 Å². The Labute approximate surface area is 126 Å². The summed E-state index contributed by atoms with van der Waals surface area (Å²) in [6.45, 7) is 0.192. The van der Waals surface area contributed by atoms with Crippen molar-refractivity contribution in [3.8, 4) is 5.75 Å². The number of nitrogens with one attached hydrogen (secondary N) is 1. The number of nitrogens with zero attached hydrogens (tertiary/aromatic N) is 1. The second-order valence-electron chi connectivity index (χ2n) is 3.71. The Kier molecular flexibility index (Phi) is 4.75. The minimum Gasteiger partial charge on any atom is -0.484 e. The van der Waals surface area contributed by atoms with E-state index in [9.17, 15) is 0 Å². The molecule has 0 aliphatic carbocycles. The van der Waals surface area contributed by atoms with Crippen LogP contribution in [-0.4, -0.2) is 12.0 Å². The molecule has 0 bridgehead atoms. The average Bonchev–Trinajstić information content (AvgIpc) is 2.40. The molecule has 0 aliphatic rings. The predicted octanol–water partition coefficient (Wildman–Crippen LogP) is 4.66. The van der Waals surface area contributed by atoms with Crippen LogP contribution in [0, 0.1) is 0 Å². The Morgan fingerprint density at radius 1 is 1.05 bits per heavy atom. The number of para-hydroxylation sites is 1. The number of benzene rings is 1. The number of anilines is 1. The van der Waals surface area contributed by atoms with Gasteiger partial charge in [0.05, 0.1) is 20.8 Å². The van der Waals surface area contributed by atoms with E-state index in [-0.39, 0.29) is 6.61 Å². The van der Waals surface area contributed by atoms with Gasteiger partial charge in [-0.05, 0) is 24.3 Å². The van der Waals surface area contributed by atoms with Gasteiger partial charge in [0.2, 0.25) is 0 Å². The van der Waals surface area contributed by atoms with Gasteiger partial charge in [0.25, 0.3) is 0 Å². The zero-order valence-electron chi connectivity index (χ0n) is 10.1. The second-order valence-corrected chi connectivity index (χ2v) is 4.94. The van der Waals surface area contributed by atoms with Crippen LogP contribution in [0.4, 0.5) is 5.82 Å². The predicted molar refractivity (Wildman–Crippen MR) is 79.6 cm³/mol. The Morgan fingerprint density at radius 2 is 1.74 bits per heavy atom. The third-order valence-corrected chi connectivity index (χ3v) is 3.39. The van der Waals surface area contributed by atoms with Gasteiger partial charge < -0.3 is 10.1 Å². The fourth-order valence-electron chi connectivity index (χ4n) is 1.49. The van der Waals surface area contributed by atoms with Crippen LogP contribution in [0.2, 0.25) is 15.1 Å². The number of halogens is 3. The number of rotatable bonds is 4. The lowest BCUT2D eigenvalue weighted by Gasteiger charge is -2.11. The quantitative estimate of drug-likeness (QED) is 0.890. The molecule has 0 spiro atoms. The van der Waals surface area contributed by atoms with Crippen molar-refractivity contribution in [2.45, 2.75) is 6.61 Å². The summed E-state index contributed by atoms with van der Waals surface area (Å²) in [7, 11) is 1.78. The summed E-state index contributed by atoms with van der Waals surface area (Å²) in [6, 6.07) is 8.72. The number of aromatic nitrogens is 1. The van der Waals surface area contributed by atoms with Gasteiger partial charge in [-0.2, -0.15) is 0 Å². The summed E-state index contributed by atoms with van der Waals surface area (Å²) in [5.41, 5.74) is 0.615. The van der Waals surface area contributed by atoms with Crippen LogP contribution in [0.15, 0.2) is 30.3 Å². The Balaban J connectivity index is 2.19. The molecule has 1 aromatic heterocycles. The second kappa shape index (κ2) is 6.33. The van der Waals surface area contributed by atoms with Gasteiger partial charge in [0.15, 0.2) is 5.75 Å². The highest BCUT2D eigenvalue weighted by molar-refractivity contribution is 6.37. The summed E-state index contributed by atoms with van der Waals surface area (Å²) in [5.74, 6) is 1.15.